The van der Waals surface area contributed by atoms with Gasteiger partial charge in [0.2, 0.25) is 5.95 Å². The minimum atomic E-state index is 0.766. The van der Waals surface area contributed by atoms with Gasteiger partial charge in [0.25, 0.3) is 0 Å². The molecule has 0 aliphatic carbocycles. The van der Waals surface area contributed by atoms with Gasteiger partial charge in [-0.2, -0.15) is 0 Å². The van der Waals surface area contributed by atoms with Gasteiger partial charge in [-0.3, -0.25) is 4.98 Å². The average molecular weight is 258 g/mol. The second kappa shape index (κ2) is 6.36. The molecule has 2 heterocycles. The van der Waals surface area contributed by atoms with E-state index in [2.05, 4.69) is 46.0 Å². The van der Waals surface area contributed by atoms with Gasteiger partial charge in [0.15, 0.2) is 0 Å². The molecule has 0 spiro atoms. The molecule has 0 unspecified atom stereocenters. The molecule has 2 aromatic rings. The predicted molar refractivity (Wildman–Crippen MR) is 78.4 cm³/mol. The number of hydrogen-bond donors (Lipinski definition) is 1. The number of nitrogens with zero attached hydrogens (tertiary/aromatic N) is 3. The maximum absolute atomic E-state index is 4.53. The van der Waals surface area contributed by atoms with Crippen molar-refractivity contribution in [1.82, 2.24) is 14.5 Å². The summed E-state index contributed by atoms with van der Waals surface area (Å²) >= 11 is 0. The Labute approximate surface area is 114 Å². The van der Waals surface area contributed by atoms with Crippen LogP contribution in [0.1, 0.15) is 36.7 Å². The molecule has 19 heavy (non-hydrogen) atoms. The highest BCUT2D eigenvalue weighted by Gasteiger charge is 2.07. The van der Waals surface area contributed by atoms with Gasteiger partial charge in [0.05, 0.1) is 17.9 Å². The SMILES string of the molecule is CCCCNc1nc(C)cn1Cc1ncccc1C. The second-order valence-electron chi connectivity index (χ2n) is 4.88. The number of aryl methyl sites for hydroxylation is 2. The van der Waals surface area contributed by atoms with Crippen LogP contribution in [0.3, 0.4) is 0 Å². The molecule has 0 aromatic carbocycles. The molecule has 0 bridgehead atoms. The van der Waals surface area contributed by atoms with E-state index in [1.54, 1.807) is 0 Å². The normalized spacial score (nSPS) is 10.7. The van der Waals surface area contributed by atoms with Gasteiger partial charge in [0.1, 0.15) is 0 Å². The first-order valence-corrected chi connectivity index (χ1v) is 6.89. The molecule has 0 aliphatic rings. The molecule has 1 N–H and O–H groups in total. The molecule has 4 heteroatoms. The lowest BCUT2D eigenvalue weighted by molar-refractivity contribution is 0.755. The largest absolute Gasteiger partial charge is 0.356 e. The summed E-state index contributed by atoms with van der Waals surface area (Å²) in [6.07, 6.45) is 6.26. The van der Waals surface area contributed by atoms with Crippen molar-refractivity contribution >= 4 is 5.95 Å². The van der Waals surface area contributed by atoms with Crippen molar-refractivity contribution in [3.05, 3.63) is 41.5 Å². The Kier molecular flexibility index (Phi) is 4.55. The van der Waals surface area contributed by atoms with E-state index in [-0.39, 0.29) is 0 Å². The fraction of sp³-hybridized carbons (Fsp3) is 0.467. The Balaban J connectivity index is 2.13. The van der Waals surface area contributed by atoms with Crippen molar-refractivity contribution < 1.29 is 0 Å². The van der Waals surface area contributed by atoms with Crippen LogP contribution in [0.4, 0.5) is 5.95 Å². The average Bonchev–Trinajstić information content (AvgIpc) is 2.73. The number of unbranched alkanes of at least 4 members (excludes halogenated alkanes) is 1. The van der Waals surface area contributed by atoms with Crippen LogP contribution in [0.5, 0.6) is 0 Å². The third-order valence-corrected chi connectivity index (χ3v) is 3.15. The highest BCUT2D eigenvalue weighted by molar-refractivity contribution is 5.30. The van der Waals surface area contributed by atoms with Gasteiger partial charge < -0.3 is 9.88 Å². The van der Waals surface area contributed by atoms with Crippen LogP contribution in [0.15, 0.2) is 24.5 Å². The lowest BCUT2D eigenvalue weighted by Crippen LogP contribution is -2.10. The molecule has 0 atom stereocenters. The third-order valence-electron chi connectivity index (χ3n) is 3.15. The van der Waals surface area contributed by atoms with Crippen molar-refractivity contribution in [2.75, 3.05) is 11.9 Å². The highest BCUT2D eigenvalue weighted by atomic mass is 15.2. The van der Waals surface area contributed by atoms with E-state index in [9.17, 15) is 0 Å². The predicted octanol–water partition coefficient (Wildman–Crippen LogP) is 3.16. The van der Waals surface area contributed by atoms with E-state index in [0.717, 1.165) is 36.8 Å². The van der Waals surface area contributed by atoms with E-state index < -0.39 is 0 Å². The van der Waals surface area contributed by atoms with Crippen LogP contribution in [-0.2, 0) is 6.54 Å². The van der Waals surface area contributed by atoms with E-state index in [4.69, 9.17) is 0 Å². The molecule has 0 saturated heterocycles. The molecule has 2 rings (SSSR count). The Morgan fingerprint density at radius 1 is 1.32 bits per heavy atom. The maximum atomic E-state index is 4.53. The highest BCUT2D eigenvalue weighted by Crippen LogP contribution is 2.13. The van der Waals surface area contributed by atoms with Crippen molar-refractivity contribution in [1.29, 1.82) is 0 Å². The van der Waals surface area contributed by atoms with Crippen LogP contribution in [-0.4, -0.2) is 21.1 Å². The Morgan fingerprint density at radius 2 is 2.16 bits per heavy atom. The summed E-state index contributed by atoms with van der Waals surface area (Å²) in [6, 6.07) is 4.06. The standard InChI is InChI=1S/C15H22N4/c1-4-5-8-17-15-18-13(3)10-19(15)11-14-12(2)7-6-9-16-14/h6-7,9-10H,4-5,8,11H2,1-3H3,(H,17,18). The molecule has 102 valence electrons. The maximum Gasteiger partial charge on any atom is 0.203 e. The van der Waals surface area contributed by atoms with E-state index >= 15 is 0 Å². The van der Waals surface area contributed by atoms with Crippen molar-refractivity contribution in [2.24, 2.45) is 0 Å². The fourth-order valence-electron chi connectivity index (χ4n) is 2.03. The quantitative estimate of drug-likeness (QED) is 0.809. The van der Waals surface area contributed by atoms with Gasteiger partial charge in [-0.05, 0) is 31.9 Å². The Morgan fingerprint density at radius 3 is 2.89 bits per heavy atom. The summed E-state index contributed by atoms with van der Waals surface area (Å²) < 4.78 is 2.14. The molecule has 0 fully saturated rings. The molecular weight excluding hydrogens is 236 g/mol. The van der Waals surface area contributed by atoms with E-state index in [1.165, 1.54) is 12.0 Å². The minimum Gasteiger partial charge on any atom is -0.356 e. The van der Waals surface area contributed by atoms with Crippen molar-refractivity contribution in [3.8, 4) is 0 Å². The molecule has 0 amide bonds. The van der Waals surface area contributed by atoms with Crippen molar-refractivity contribution in [3.63, 3.8) is 0 Å². The molecule has 2 aromatic heterocycles. The molecule has 0 radical (unpaired) electrons. The third kappa shape index (κ3) is 3.56. The number of anilines is 1. The van der Waals surface area contributed by atoms with Gasteiger partial charge in [-0.15, -0.1) is 0 Å². The summed E-state index contributed by atoms with van der Waals surface area (Å²) in [4.78, 5) is 8.98. The molecule has 4 nitrogen and oxygen atoms in total. The van der Waals surface area contributed by atoms with Gasteiger partial charge in [0, 0.05) is 18.9 Å². The Hall–Kier alpha value is -1.84. The summed E-state index contributed by atoms with van der Waals surface area (Å²) in [5, 5.41) is 3.40. The minimum absolute atomic E-state index is 0.766. The monoisotopic (exact) mass is 258 g/mol. The number of pyridine rings is 1. The summed E-state index contributed by atoms with van der Waals surface area (Å²) in [7, 11) is 0. The van der Waals surface area contributed by atoms with E-state index in [0.29, 0.717) is 0 Å². The molecule has 0 saturated carbocycles. The molecule has 0 aliphatic heterocycles. The first-order chi connectivity index (χ1) is 9.20. The summed E-state index contributed by atoms with van der Waals surface area (Å²) in [5.74, 6) is 0.941. The van der Waals surface area contributed by atoms with Crippen molar-refractivity contribution in [2.45, 2.75) is 40.2 Å². The smallest absolute Gasteiger partial charge is 0.203 e. The number of hydrogen-bond acceptors (Lipinski definition) is 3. The lowest BCUT2D eigenvalue weighted by atomic mass is 10.2. The van der Waals surface area contributed by atoms with Gasteiger partial charge in [-0.1, -0.05) is 19.4 Å². The summed E-state index contributed by atoms with van der Waals surface area (Å²) in [6.45, 7) is 8.04. The zero-order chi connectivity index (χ0) is 13.7. The number of rotatable bonds is 6. The zero-order valence-electron chi connectivity index (χ0n) is 12.0. The van der Waals surface area contributed by atoms with Crippen LogP contribution in [0.2, 0.25) is 0 Å². The number of nitrogens with one attached hydrogen (secondary N) is 1. The van der Waals surface area contributed by atoms with Crippen LogP contribution in [0.25, 0.3) is 0 Å². The second-order valence-corrected chi connectivity index (χ2v) is 4.88. The van der Waals surface area contributed by atoms with Crippen LogP contribution >= 0.6 is 0 Å². The number of aromatic nitrogens is 3. The van der Waals surface area contributed by atoms with Gasteiger partial charge >= 0.3 is 0 Å². The first-order valence-electron chi connectivity index (χ1n) is 6.89. The lowest BCUT2D eigenvalue weighted by Gasteiger charge is -2.10. The van der Waals surface area contributed by atoms with Crippen LogP contribution in [0, 0.1) is 13.8 Å². The molecular formula is C15H22N4. The Bertz CT molecular complexity index is 531. The fourth-order valence-corrected chi connectivity index (χ4v) is 2.03. The topological polar surface area (TPSA) is 42.7 Å². The van der Waals surface area contributed by atoms with Crippen LogP contribution < -0.4 is 5.32 Å². The van der Waals surface area contributed by atoms with Gasteiger partial charge in [-0.25, -0.2) is 4.98 Å². The number of imidazole rings is 1. The zero-order valence-corrected chi connectivity index (χ0v) is 12.0. The first kappa shape index (κ1) is 13.6. The summed E-state index contributed by atoms with van der Waals surface area (Å²) in [5.41, 5.74) is 3.35. The van der Waals surface area contributed by atoms with E-state index in [1.807, 2.05) is 19.2 Å².